The van der Waals surface area contributed by atoms with Crippen molar-refractivity contribution < 1.29 is 4.55 Å². The zero-order chi connectivity index (χ0) is 11.7. The minimum absolute atomic E-state index is 0. The molecule has 1 aliphatic heterocycles. The first kappa shape index (κ1) is 14.1. The maximum atomic E-state index is 11.3. The summed E-state index contributed by atoms with van der Waals surface area (Å²) in [6, 6.07) is 9.00. The third kappa shape index (κ3) is 2.50. The standard InChI is InChI=1S/C13H17NOS2.H3N/c15-17-13-14(10-6-2-1-3-7-10)11-8-4-5-9-12(11)16-13;/h4-5,8-10,13,15H,1-3,6-7H2;1H3. The number of thioether (sulfide) groups is 1. The number of anilines is 1. The molecule has 1 unspecified atom stereocenters. The molecule has 18 heavy (non-hydrogen) atoms. The molecule has 0 bridgehead atoms. The quantitative estimate of drug-likeness (QED) is 0.815. The fraction of sp³-hybridized carbons (Fsp3) is 0.538. The van der Waals surface area contributed by atoms with Gasteiger partial charge in [-0.2, -0.15) is 0 Å². The summed E-state index contributed by atoms with van der Waals surface area (Å²) >= 11 is 2.44. The van der Waals surface area contributed by atoms with Crippen molar-refractivity contribution in [3.05, 3.63) is 24.3 Å². The van der Waals surface area contributed by atoms with Crippen molar-refractivity contribution >= 4 is 29.5 Å². The van der Waals surface area contributed by atoms with E-state index in [1.165, 1.54) is 42.7 Å². The third-order valence-electron chi connectivity index (χ3n) is 3.65. The predicted molar refractivity (Wildman–Crippen MR) is 79.8 cm³/mol. The molecule has 5 heteroatoms. The van der Waals surface area contributed by atoms with E-state index in [2.05, 4.69) is 29.2 Å². The van der Waals surface area contributed by atoms with Crippen LogP contribution in [-0.2, 0) is 0 Å². The molecular weight excluding hydrogens is 264 g/mol. The molecule has 1 fully saturated rings. The van der Waals surface area contributed by atoms with Crippen LogP contribution in [0.4, 0.5) is 5.69 Å². The molecule has 0 aromatic heterocycles. The third-order valence-corrected chi connectivity index (χ3v) is 5.59. The maximum absolute atomic E-state index is 11.3. The van der Waals surface area contributed by atoms with Crippen molar-refractivity contribution in [2.75, 3.05) is 4.90 Å². The van der Waals surface area contributed by atoms with E-state index >= 15 is 0 Å². The summed E-state index contributed by atoms with van der Waals surface area (Å²) in [7, 11) is 0. The molecule has 1 atom stereocenters. The van der Waals surface area contributed by atoms with Crippen LogP contribution in [0.25, 0.3) is 0 Å². The van der Waals surface area contributed by atoms with Gasteiger partial charge in [-0.25, -0.2) is 12.0 Å². The van der Waals surface area contributed by atoms with Crippen LogP contribution >= 0.6 is 23.8 Å². The number of nitrogens with zero attached hydrogens (tertiary/aromatic N) is 1. The minimum atomic E-state index is 0. The van der Waals surface area contributed by atoms with Gasteiger partial charge in [0.1, 0.15) is 4.71 Å². The second-order valence-electron chi connectivity index (χ2n) is 4.69. The van der Waals surface area contributed by atoms with Gasteiger partial charge in [0.2, 0.25) is 0 Å². The summed E-state index contributed by atoms with van der Waals surface area (Å²) in [6.45, 7) is 0. The molecular formula is C13H20N2OS2. The lowest BCUT2D eigenvalue weighted by molar-refractivity contribution is 0.421. The van der Waals surface area contributed by atoms with E-state index in [0.717, 1.165) is 12.0 Å². The highest BCUT2D eigenvalue weighted by Gasteiger charge is 2.33. The number of quaternary nitrogens is 1. The van der Waals surface area contributed by atoms with Gasteiger partial charge in [0.25, 0.3) is 0 Å². The van der Waals surface area contributed by atoms with Gasteiger partial charge in [0.05, 0.1) is 5.69 Å². The van der Waals surface area contributed by atoms with Crippen molar-refractivity contribution in [2.24, 2.45) is 0 Å². The minimum Gasteiger partial charge on any atom is -0.797 e. The van der Waals surface area contributed by atoms with E-state index in [9.17, 15) is 4.55 Å². The van der Waals surface area contributed by atoms with Crippen molar-refractivity contribution in [2.45, 2.75) is 47.7 Å². The van der Waals surface area contributed by atoms with Gasteiger partial charge < -0.3 is 15.6 Å². The average molecular weight is 284 g/mol. The zero-order valence-electron chi connectivity index (χ0n) is 10.7. The maximum Gasteiger partial charge on any atom is 0.113 e. The Morgan fingerprint density at radius 2 is 1.89 bits per heavy atom. The van der Waals surface area contributed by atoms with E-state index in [1.807, 2.05) is 0 Å². The number of rotatable bonds is 2. The van der Waals surface area contributed by atoms with E-state index < -0.39 is 0 Å². The predicted octanol–water partition coefficient (Wildman–Crippen LogP) is 4.45. The Hall–Kier alpha value is -0.360. The topological polar surface area (TPSA) is 62.8 Å². The number of hydrogen-bond donors (Lipinski definition) is 1. The largest absolute Gasteiger partial charge is 0.797 e. The highest BCUT2D eigenvalue weighted by molar-refractivity contribution is 8.15. The lowest BCUT2D eigenvalue weighted by atomic mass is 9.94. The van der Waals surface area contributed by atoms with Gasteiger partial charge in [-0.15, -0.1) is 0 Å². The summed E-state index contributed by atoms with van der Waals surface area (Å²) in [5, 5.41) is 0. The average Bonchev–Trinajstić information content (AvgIpc) is 2.78. The van der Waals surface area contributed by atoms with Gasteiger partial charge in [-0.1, -0.05) is 43.2 Å². The van der Waals surface area contributed by atoms with Crippen LogP contribution in [0.5, 0.6) is 0 Å². The first-order valence-electron chi connectivity index (χ1n) is 6.23. The molecule has 0 spiro atoms. The van der Waals surface area contributed by atoms with Gasteiger partial charge in [0, 0.05) is 10.9 Å². The molecule has 100 valence electrons. The Morgan fingerprint density at radius 1 is 1.17 bits per heavy atom. The molecule has 0 saturated heterocycles. The first-order valence-corrected chi connectivity index (χ1v) is 7.91. The number of fused-ring (bicyclic) bond motifs is 1. The molecule has 1 aromatic rings. The lowest BCUT2D eigenvalue weighted by Gasteiger charge is -2.38. The molecule has 0 radical (unpaired) electrons. The highest BCUT2D eigenvalue weighted by Crippen LogP contribution is 2.49. The summed E-state index contributed by atoms with van der Waals surface area (Å²) in [5.41, 5.74) is 1.28. The Labute approximate surface area is 117 Å². The molecule has 0 amide bonds. The fourth-order valence-electron chi connectivity index (χ4n) is 2.84. The van der Waals surface area contributed by atoms with Crippen LogP contribution in [0.2, 0.25) is 0 Å². The van der Waals surface area contributed by atoms with Crippen LogP contribution in [0.3, 0.4) is 0 Å². The molecule has 3 nitrogen and oxygen atoms in total. The zero-order valence-corrected chi connectivity index (χ0v) is 12.3. The van der Waals surface area contributed by atoms with Crippen molar-refractivity contribution in [3.63, 3.8) is 0 Å². The van der Waals surface area contributed by atoms with E-state index in [1.54, 1.807) is 11.8 Å². The monoisotopic (exact) mass is 284 g/mol. The Morgan fingerprint density at radius 3 is 2.61 bits per heavy atom. The summed E-state index contributed by atoms with van der Waals surface area (Å²) in [5.74, 6) is 0. The van der Waals surface area contributed by atoms with Crippen LogP contribution in [-0.4, -0.2) is 15.3 Å². The smallest absolute Gasteiger partial charge is 0.113 e. The molecule has 1 saturated carbocycles. The first-order chi connectivity index (χ1) is 8.40. The van der Waals surface area contributed by atoms with Gasteiger partial charge >= 0.3 is 0 Å². The summed E-state index contributed by atoms with van der Waals surface area (Å²) in [6.07, 6.45) is 6.46. The number of benzene rings is 1. The normalized spacial score (nSPS) is 23.6. The van der Waals surface area contributed by atoms with Crippen LogP contribution in [0.1, 0.15) is 32.1 Å². The SMILES string of the molecule is [NH4+].[O-]SC1Sc2ccccc2N1C1CCCCC1. The van der Waals surface area contributed by atoms with E-state index in [0.29, 0.717) is 6.04 Å². The number of hydrogen-bond acceptors (Lipinski definition) is 4. The molecule has 2 aliphatic rings. The fourth-order valence-corrected chi connectivity index (χ4v) is 4.76. The van der Waals surface area contributed by atoms with Gasteiger partial charge in [-0.05, 0) is 25.0 Å². The molecule has 1 aliphatic carbocycles. The van der Waals surface area contributed by atoms with Gasteiger partial charge in [0.15, 0.2) is 0 Å². The van der Waals surface area contributed by atoms with Crippen LogP contribution in [0, 0.1) is 0 Å². The molecule has 1 aromatic carbocycles. The molecule has 4 N–H and O–H groups in total. The Kier molecular flexibility index (Phi) is 4.84. The highest BCUT2D eigenvalue weighted by atomic mass is 32.2. The lowest BCUT2D eigenvalue weighted by Crippen LogP contribution is -2.39. The van der Waals surface area contributed by atoms with E-state index in [-0.39, 0.29) is 10.9 Å². The number of para-hydroxylation sites is 1. The molecule has 3 rings (SSSR count). The summed E-state index contributed by atoms with van der Waals surface area (Å²) < 4.78 is 11.3. The second-order valence-corrected chi connectivity index (χ2v) is 6.75. The Balaban J connectivity index is 0.00000120. The summed E-state index contributed by atoms with van der Waals surface area (Å²) in [4.78, 5) is 3.64. The molecule has 1 heterocycles. The Bertz CT molecular complexity index is 396. The van der Waals surface area contributed by atoms with Crippen molar-refractivity contribution in [1.29, 1.82) is 0 Å². The van der Waals surface area contributed by atoms with Crippen molar-refractivity contribution in [3.8, 4) is 0 Å². The van der Waals surface area contributed by atoms with Crippen LogP contribution < -0.4 is 11.1 Å². The van der Waals surface area contributed by atoms with Crippen LogP contribution in [0.15, 0.2) is 29.2 Å². The second kappa shape index (κ2) is 6.19. The van der Waals surface area contributed by atoms with Gasteiger partial charge in [-0.3, -0.25) is 0 Å². The van der Waals surface area contributed by atoms with E-state index in [4.69, 9.17) is 0 Å². The van der Waals surface area contributed by atoms with Crippen molar-refractivity contribution in [1.82, 2.24) is 6.15 Å².